The van der Waals surface area contributed by atoms with Gasteiger partial charge in [0, 0.05) is 37.4 Å². The molecular formula is C18H19N3O4. The molecular weight excluding hydrogens is 322 g/mol. The van der Waals surface area contributed by atoms with Crippen molar-refractivity contribution in [2.75, 3.05) is 13.1 Å². The van der Waals surface area contributed by atoms with E-state index in [-0.39, 0.29) is 24.1 Å². The van der Waals surface area contributed by atoms with Crippen molar-refractivity contribution in [2.24, 2.45) is 0 Å². The monoisotopic (exact) mass is 341 g/mol. The zero-order valence-electron chi connectivity index (χ0n) is 13.9. The molecule has 0 aliphatic carbocycles. The molecule has 2 heterocycles. The van der Waals surface area contributed by atoms with Gasteiger partial charge in [-0.3, -0.25) is 14.9 Å². The molecule has 1 aromatic heterocycles. The molecule has 130 valence electrons. The molecule has 3 rings (SSSR count). The number of hydrogen-bond acceptors (Lipinski definition) is 5. The van der Waals surface area contributed by atoms with E-state index >= 15 is 0 Å². The van der Waals surface area contributed by atoms with E-state index in [1.165, 1.54) is 12.1 Å². The molecule has 7 heteroatoms. The first-order valence-corrected chi connectivity index (χ1v) is 8.11. The highest BCUT2D eigenvalue weighted by Crippen LogP contribution is 2.18. The summed E-state index contributed by atoms with van der Waals surface area (Å²) in [6, 6.07) is 9.85. The van der Waals surface area contributed by atoms with Gasteiger partial charge in [0.15, 0.2) is 0 Å². The first-order valence-electron chi connectivity index (χ1n) is 8.11. The van der Waals surface area contributed by atoms with E-state index in [0.717, 1.165) is 17.5 Å². The largest absolute Gasteiger partial charge is 0.472 e. The number of ether oxygens (including phenoxy) is 1. The molecule has 0 spiro atoms. The number of hydrogen-bond donors (Lipinski definition) is 0. The van der Waals surface area contributed by atoms with Gasteiger partial charge in [0.2, 0.25) is 11.8 Å². The Morgan fingerprint density at radius 3 is 2.72 bits per heavy atom. The van der Waals surface area contributed by atoms with E-state index in [9.17, 15) is 14.9 Å². The predicted molar refractivity (Wildman–Crippen MR) is 91.4 cm³/mol. The molecule has 1 aliphatic heterocycles. The van der Waals surface area contributed by atoms with Crippen molar-refractivity contribution in [3.8, 4) is 5.88 Å². The van der Waals surface area contributed by atoms with Crippen LogP contribution in [0.4, 0.5) is 5.69 Å². The SMILES string of the molecule is Cc1ccc(OC2CCN(C(=O)Cc3ccc([N+](=O)[O-])cc3)C2)nc1. The number of nitro groups is 1. The van der Waals surface area contributed by atoms with Crippen molar-refractivity contribution in [3.63, 3.8) is 0 Å². The van der Waals surface area contributed by atoms with Gasteiger partial charge < -0.3 is 9.64 Å². The van der Waals surface area contributed by atoms with Crippen molar-refractivity contribution in [3.05, 3.63) is 63.8 Å². The molecule has 1 aromatic carbocycles. The third kappa shape index (κ3) is 4.32. The van der Waals surface area contributed by atoms with Gasteiger partial charge in [-0.15, -0.1) is 0 Å². The molecule has 0 bridgehead atoms. The number of non-ortho nitro benzene ring substituents is 1. The average Bonchev–Trinajstić information content (AvgIpc) is 3.06. The van der Waals surface area contributed by atoms with Gasteiger partial charge in [-0.1, -0.05) is 18.2 Å². The number of carbonyl (C=O) groups excluding carboxylic acids is 1. The average molecular weight is 341 g/mol. The van der Waals surface area contributed by atoms with Gasteiger partial charge >= 0.3 is 0 Å². The van der Waals surface area contributed by atoms with Crippen LogP contribution in [0.5, 0.6) is 5.88 Å². The third-order valence-corrected chi connectivity index (χ3v) is 4.17. The van der Waals surface area contributed by atoms with Crippen LogP contribution in [0, 0.1) is 17.0 Å². The minimum Gasteiger partial charge on any atom is -0.472 e. The molecule has 1 aliphatic rings. The van der Waals surface area contributed by atoms with Gasteiger partial charge in [0.25, 0.3) is 5.69 Å². The highest BCUT2D eigenvalue weighted by Gasteiger charge is 2.27. The van der Waals surface area contributed by atoms with Gasteiger partial charge in [0.1, 0.15) is 6.10 Å². The van der Waals surface area contributed by atoms with E-state index in [0.29, 0.717) is 19.0 Å². The van der Waals surface area contributed by atoms with Crippen LogP contribution in [-0.4, -0.2) is 39.9 Å². The molecule has 25 heavy (non-hydrogen) atoms. The number of nitro benzene ring substituents is 1. The molecule has 7 nitrogen and oxygen atoms in total. The maximum absolute atomic E-state index is 12.4. The van der Waals surface area contributed by atoms with E-state index in [4.69, 9.17) is 4.74 Å². The summed E-state index contributed by atoms with van der Waals surface area (Å²) < 4.78 is 5.82. The maximum atomic E-state index is 12.4. The molecule has 1 amide bonds. The fourth-order valence-electron chi connectivity index (χ4n) is 2.77. The summed E-state index contributed by atoms with van der Waals surface area (Å²) in [6.07, 6.45) is 2.69. The topological polar surface area (TPSA) is 85.6 Å². The predicted octanol–water partition coefficient (Wildman–Crippen LogP) is 2.52. The lowest BCUT2D eigenvalue weighted by Gasteiger charge is -2.17. The maximum Gasteiger partial charge on any atom is 0.269 e. The van der Waals surface area contributed by atoms with Crippen LogP contribution < -0.4 is 4.74 Å². The Morgan fingerprint density at radius 2 is 2.08 bits per heavy atom. The van der Waals surface area contributed by atoms with Crippen molar-refractivity contribution in [2.45, 2.75) is 25.9 Å². The number of carbonyl (C=O) groups is 1. The minimum atomic E-state index is -0.451. The quantitative estimate of drug-likeness (QED) is 0.616. The van der Waals surface area contributed by atoms with Crippen LogP contribution in [0.3, 0.4) is 0 Å². The normalized spacial score (nSPS) is 16.7. The van der Waals surface area contributed by atoms with Crippen molar-refractivity contribution < 1.29 is 14.5 Å². The Kier molecular flexibility index (Phi) is 4.92. The number of benzene rings is 1. The molecule has 1 fully saturated rings. The van der Waals surface area contributed by atoms with Crippen LogP contribution in [0.2, 0.25) is 0 Å². The highest BCUT2D eigenvalue weighted by molar-refractivity contribution is 5.79. The molecule has 0 N–H and O–H groups in total. The minimum absolute atomic E-state index is 0.00295. The summed E-state index contributed by atoms with van der Waals surface area (Å²) in [5, 5.41) is 10.7. The van der Waals surface area contributed by atoms with E-state index in [1.54, 1.807) is 23.2 Å². The summed E-state index contributed by atoms with van der Waals surface area (Å²) in [6.45, 7) is 3.13. The van der Waals surface area contributed by atoms with E-state index in [1.807, 2.05) is 19.1 Å². The lowest BCUT2D eigenvalue weighted by atomic mass is 10.1. The van der Waals surface area contributed by atoms with Crippen LogP contribution in [-0.2, 0) is 11.2 Å². The van der Waals surface area contributed by atoms with Crippen LogP contribution in [0.25, 0.3) is 0 Å². The lowest BCUT2D eigenvalue weighted by molar-refractivity contribution is -0.384. The van der Waals surface area contributed by atoms with Crippen LogP contribution in [0.1, 0.15) is 17.5 Å². The second-order valence-electron chi connectivity index (χ2n) is 6.14. The molecule has 0 saturated carbocycles. The molecule has 1 saturated heterocycles. The summed E-state index contributed by atoms with van der Waals surface area (Å²) in [5.41, 5.74) is 1.86. The van der Waals surface area contributed by atoms with Crippen molar-refractivity contribution >= 4 is 11.6 Å². The number of pyridine rings is 1. The lowest BCUT2D eigenvalue weighted by Crippen LogP contribution is -2.32. The van der Waals surface area contributed by atoms with E-state index in [2.05, 4.69) is 4.98 Å². The third-order valence-electron chi connectivity index (χ3n) is 4.17. The Labute approximate surface area is 145 Å². The zero-order chi connectivity index (χ0) is 17.8. The summed E-state index contributed by atoms with van der Waals surface area (Å²) in [7, 11) is 0. The smallest absolute Gasteiger partial charge is 0.269 e. The van der Waals surface area contributed by atoms with E-state index < -0.39 is 4.92 Å². The Morgan fingerprint density at radius 1 is 1.32 bits per heavy atom. The highest BCUT2D eigenvalue weighted by atomic mass is 16.6. The first kappa shape index (κ1) is 16.9. The Balaban J connectivity index is 1.53. The van der Waals surface area contributed by atoms with Crippen LogP contribution >= 0.6 is 0 Å². The Hall–Kier alpha value is -2.96. The van der Waals surface area contributed by atoms with Crippen molar-refractivity contribution in [1.82, 2.24) is 9.88 Å². The van der Waals surface area contributed by atoms with Gasteiger partial charge in [-0.25, -0.2) is 4.98 Å². The van der Waals surface area contributed by atoms with Gasteiger partial charge in [-0.2, -0.15) is 0 Å². The molecule has 1 atom stereocenters. The Bertz CT molecular complexity index is 759. The number of aromatic nitrogens is 1. The number of amides is 1. The zero-order valence-corrected chi connectivity index (χ0v) is 13.9. The summed E-state index contributed by atoms with van der Waals surface area (Å²) >= 11 is 0. The van der Waals surface area contributed by atoms with Crippen molar-refractivity contribution in [1.29, 1.82) is 0 Å². The number of nitrogens with zero attached hydrogens (tertiary/aromatic N) is 3. The first-order chi connectivity index (χ1) is 12.0. The number of likely N-dealkylation sites (tertiary alicyclic amines) is 1. The number of rotatable bonds is 5. The van der Waals surface area contributed by atoms with Gasteiger partial charge in [0.05, 0.1) is 17.9 Å². The summed E-state index contributed by atoms with van der Waals surface area (Å²) in [5.74, 6) is 0.567. The fraction of sp³-hybridized carbons (Fsp3) is 0.333. The molecule has 2 aromatic rings. The standard InChI is InChI=1S/C18H19N3O4/c1-13-2-7-17(19-11-13)25-16-8-9-20(12-16)18(22)10-14-3-5-15(6-4-14)21(23)24/h2-7,11,16H,8-10,12H2,1H3. The second kappa shape index (κ2) is 7.29. The van der Waals surface area contributed by atoms with Gasteiger partial charge in [-0.05, 0) is 18.1 Å². The number of aryl methyl sites for hydroxylation is 1. The summed E-state index contributed by atoms with van der Waals surface area (Å²) in [4.78, 5) is 28.6. The second-order valence-corrected chi connectivity index (χ2v) is 6.14. The van der Waals surface area contributed by atoms with Crippen LogP contribution in [0.15, 0.2) is 42.6 Å². The molecule has 0 radical (unpaired) electrons. The molecule has 1 unspecified atom stereocenters. The fourth-order valence-corrected chi connectivity index (χ4v) is 2.77.